The zero-order valence-electron chi connectivity index (χ0n) is 19.9. The van der Waals surface area contributed by atoms with E-state index in [1.807, 2.05) is 19.1 Å². The van der Waals surface area contributed by atoms with Crippen molar-refractivity contribution in [3.8, 4) is 0 Å². The number of carbonyl (C=O) groups excluding carboxylic acids is 1. The second-order valence-corrected chi connectivity index (χ2v) is 8.68. The van der Waals surface area contributed by atoms with Crippen LogP contribution in [0.25, 0.3) is 0 Å². The van der Waals surface area contributed by atoms with Gasteiger partial charge in [0, 0.05) is 17.1 Å². The Morgan fingerprint density at radius 1 is 0.886 bits per heavy atom. The van der Waals surface area contributed by atoms with Gasteiger partial charge < -0.3 is 20.8 Å². The van der Waals surface area contributed by atoms with Gasteiger partial charge in [-0.25, -0.2) is 9.59 Å². The van der Waals surface area contributed by atoms with Crippen molar-refractivity contribution in [2.24, 2.45) is 0 Å². The number of hydrogen-bond acceptors (Lipinski definition) is 5. The van der Waals surface area contributed by atoms with Gasteiger partial charge in [0.25, 0.3) is 0 Å². The Bertz CT molecular complexity index is 1180. The van der Waals surface area contributed by atoms with Crippen molar-refractivity contribution in [2.75, 3.05) is 11.9 Å². The summed E-state index contributed by atoms with van der Waals surface area (Å²) in [6.45, 7) is 6.80. The van der Waals surface area contributed by atoms with Crippen LogP contribution in [-0.4, -0.2) is 34.6 Å². The molecule has 3 aromatic rings. The monoisotopic (exact) mass is 494 g/mol. The zero-order valence-corrected chi connectivity index (χ0v) is 20.8. The maximum atomic E-state index is 12.0. The number of carboxylic acid groups (broad SMARTS) is 2. The molecule has 0 bridgehead atoms. The smallest absolute Gasteiger partial charge is 0.335 e. The number of anilines is 1. The summed E-state index contributed by atoms with van der Waals surface area (Å²) in [7, 11) is 0. The van der Waals surface area contributed by atoms with E-state index in [1.54, 1.807) is 30.3 Å². The Hall–Kier alpha value is -3.78. The molecule has 8 heteroatoms. The lowest BCUT2D eigenvalue weighted by molar-refractivity contribution is -0.119. The maximum absolute atomic E-state index is 12.0. The fraction of sp³-hybridized carbons (Fsp3) is 0.222. The largest absolute Gasteiger partial charge is 0.478 e. The Kier molecular flexibility index (Phi) is 10.4. The second-order valence-electron chi connectivity index (χ2n) is 8.16. The molecule has 0 radical (unpaired) electrons. The topological polar surface area (TPSA) is 116 Å². The molecule has 0 saturated carbocycles. The fourth-order valence-corrected chi connectivity index (χ4v) is 3.48. The van der Waals surface area contributed by atoms with E-state index in [-0.39, 0.29) is 23.6 Å². The van der Waals surface area contributed by atoms with Gasteiger partial charge in [0.05, 0.1) is 17.7 Å². The number of aromatic carboxylic acids is 2. The van der Waals surface area contributed by atoms with Crippen molar-refractivity contribution < 1.29 is 24.6 Å². The number of amides is 1. The van der Waals surface area contributed by atoms with Crippen molar-refractivity contribution in [3.05, 3.63) is 94.5 Å². The summed E-state index contributed by atoms with van der Waals surface area (Å²) in [6, 6.07) is 18.9. The van der Waals surface area contributed by atoms with Gasteiger partial charge >= 0.3 is 11.9 Å². The van der Waals surface area contributed by atoms with E-state index in [1.165, 1.54) is 23.8 Å². The molecule has 3 aromatic carbocycles. The fourth-order valence-electron chi connectivity index (χ4n) is 3.33. The van der Waals surface area contributed by atoms with E-state index in [0.717, 1.165) is 21.7 Å². The molecule has 0 aliphatic carbocycles. The highest BCUT2D eigenvalue weighted by atomic mass is 32.1. The molecule has 0 fully saturated rings. The van der Waals surface area contributed by atoms with Gasteiger partial charge in [0.2, 0.25) is 5.91 Å². The van der Waals surface area contributed by atoms with E-state index in [0.29, 0.717) is 12.5 Å². The molecule has 0 atom stereocenters. The molecule has 0 heterocycles. The molecule has 0 unspecified atom stereocenters. The van der Waals surface area contributed by atoms with Crippen LogP contribution in [0.2, 0.25) is 0 Å². The average Bonchev–Trinajstić information content (AvgIpc) is 2.82. The molecule has 4 N–H and O–H groups in total. The SMILES string of the molecule is Cc1c(NCC(=O)NCc2cccc(C(=O)O)c2)cccc1C(C)C.O=C(O)c1ccc(S)cc1. The Morgan fingerprint density at radius 3 is 2.11 bits per heavy atom. The van der Waals surface area contributed by atoms with E-state index in [2.05, 4.69) is 43.2 Å². The number of rotatable bonds is 8. The first-order valence-electron chi connectivity index (χ1n) is 11.0. The first-order chi connectivity index (χ1) is 16.6. The molecular weight excluding hydrogens is 464 g/mol. The van der Waals surface area contributed by atoms with Gasteiger partial charge in [-0.05, 0) is 72.0 Å². The quantitative estimate of drug-likeness (QED) is 0.274. The molecule has 3 rings (SSSR count). The number of hydrogen-bond donors (Lipinski definition) is 5. The van der Waals surface area contributed by atoms with Crippen molar-refractivity contribution in [2.45, 2.75) is 38.1 Å². The number of carbonyl (C=O) groups is 3. The molecule has 0 aliphatic heterocycles. The van der Waals surface area contributed by atoms with Gasteiger partial charge in [-0.15, -0.1) is 12.6 Å². The van der Waals surface area contributed by atoms with Crippen LogP contribution in [-0.2, 0) is 11.3 Å². The molecule has 0 aromatic heterocycles. The molecule has 184 valence electrons. The maximum Gasteiger partial charge on any atom is 0.335 e. The lowest BCUT2D eigenvalue weighted by Crippen LogP contribution is -2.29. The third-order valence-electron chi connectivity index (χ3n) is 5.21. The van der Waals surface area contributed by atoms with Gasteiger partial charge in [0.15, 0.2) is 0 Å². The predicted molar refractivity (Wildman–Crippen MR) is 140 cm³/mol. The number of carboxylic acids is 2. The first kappa shape index (κ1) is 27.5. The Balaban J connectivity index is 0.000000360. The molecular formula is C27H30N2O5S. The Labute approximate surface area is 210 Å². The van der Waals surface area contributed by atoms with Crippen LogP contribution in [0.5, 0.6) is 0 Å². The highest BCUT2D eigenvalue weighted by Crippen LogP contribution is 2.24. The van der Waals surface area contributed by atoms with Gasteiger partial charge in [-0.3, -0.25) is 4.79 Å². The van der Waals surface area contributed by atoms with Crippen molar-refractivity contribution in [1.82, 2.24) is 5.32 Å². The van der Waals surface area contributed by atoms with Crippen molar-refractivity contribution in [1.29, 1.82) is 0 Å². The van der Waals surface area contributed by atoms with Crippen LogP contribution >= 0.6 is 12.6 Å². The van der Waals surface area contributed by atoms with Gasteiger partial charge in [-0.1, -0.05) is 38.1 Å². The summed E-state index contributed by atoms with van der Waals surface area (Å²) in [6.07, 6.45) is 0. The number of nitrogens with one attached hydrogen (secondary N) is 2. The highest BCUT2D eigenvalue weighted by Gasteiger charge is 2.09. The van der Waals surface area contributed by atoms with Gasteiger partial charge in [0.1, 0.15) is 0 Å². The van der Waals surface area contributed by atoms with Crippen LogP contribution in [0.15, 0.2) is 71.6 Å². The number of benzene rings is 3. The molecule has 7 nitrogen and oxygen atoms in total. The van der Waals surface area contributed by atoms with E-state index in [4.69, 9.17) is 10.2 Å². The minimum atomic E-state index is -0.977. The molecule has 0 saturated heterocycles. The lowest BCUT2D eigenvalue weighted by Gasteiger charge is -2.15. The molecule has 0 spiro atoms. The normalized spacial score (nSPS) is 10.2. The van der Waals surface area contributed by atoms with Crippen molar-refractivity contribution in [3.63, 3.8) is 0 Å². The van der Waals surface area contributed by atoms with Crippen LogP contribution < -0.4 is 10.6 Å². The van der Waals surface area contributed by atoms with Crippen LogP contribution in [0, 0.1) is 6.92 Å². The molecule has 0 aliphatic rings. The van der Waals surface area contributed by atoms with Crippen LogP contribution in [0.3, 0.4) is 0 Å². The minimum Gasteiger partial charge on any atom is -0.478 e. The lowest BCUT2D eigenvalue weighted by atomic mass is 9.97. The first-order valence-corrected chi connectivity index (χ1v) is 11.5. The molecule has 1 amide bonds. The van der Waals surface area contributed by atoms with E-state index >= 15 is 0 Å². The summed E-state index contributed by atoms with van der Waals surface area (Å²) in [5, 5.41) is 23.4. The van der Waals surface area contributed by atoms with E-state index in [9.17, 15) is 14.4 Å². The number of thiol groups is 1. The minimum absolute atomic E-state index is 0.143. The third-order valence-corrected chi connectivity index (χ3v) is 5.51. The van der Waals surface area contributed by atoms with Gasteiger partial charge in [-0.2, -0.15) is 0 Å². The summed E-state index contributed by atoms with van der Waals surface area (Å²) in [4.78, 5) is 34.1. The standard InChI is InChI=1S/C20H24N2O3.C7H6O2S/c1-13(2)17-8-5-9-18(14(17)3)21-12-19(23)22-11-15-6-4-7-16(10-15)20(24)25;8-7(9)5-1-3-6(10)4-2-5/h4-10,13,21H,11-12H2,1-3H3,(H,22,23)(H,24,25);1-4,10H,(H,8,9). The second kappa shape index (κ2) is 13.2. The predicted octanol–water partition coefficient (Wildman–Crippen LogP) is 5.22. The third kappa shape index (κ3) is 8.83. The van der Waals surface area contributed by atoms with Crippen LogP contribution in [0.1, 0.15) is 57.2 Å². The van der Waals surface area contributed by atoms with Crippen molar-refractivity contribution >= 4 is 36.2 Å². The van der Waals surface area contributed by atoms with E-state index < -0.39 is 11.9 Å². The summed E-state index contributed by atoms with van der Waals surface area (Å²) in [5.74, 6) is -1.60. The highest BCUT2D eigenvalue weighted by molar-refractivity contribution is 7.80. The summed E-state index contributed by atoms with van der Waals surface area (Å²) in [5.41, 5.74) is 4.62. The summed E-state index contributed by atoms with van der Waals surface area (Å²) < 4.78 is 0. The van der Waals surface area contributed by atoms with Crippen LogP contribution in [0.4, 0.5) is 5.69 Å². The molecule has 35 heavy (non-hydrogen) atoms. The Morgan fingerprint density at radius 2 is 1.51 bits per heavy atom. The average molecular weight is 495 g/mol. The zero-order chi connectivity index (χ0) is 26.0. The summed E-state index contributed by atoms with van der Waals surface area (Å²) >= 11 is 4.01.